The number of carbonyl (C=O) groups is 1. The SMILES string of the molecule is CCOc1cc(/C=C(/C#N)C(=O)NC2CCCC2)cc(Cl)c1OCc1cccc([N+](=O)[O-])c1. The number of nitrogens with one attached hydrogen (secondary N) is 1. The van der Waals surface area contributed by atoms with Gasteiger partial charge in [-0.25, -0.2) is 0 Å². The van der Waals surface area contributed by atoms with Crippen LogP contribution in [-0.2, 0) is 11.4 Å². The lowest BCUT2D eigenvalue weighted by Crippen LogP contribution is -2.33. The number of nitriles is 1. The van der Waals surface area contributed by atoms with Crippen molar-refractivity contribution in [3.8, 4) is 17.6 Å². The molecular weight excluding hydrogens is 446 g/mol. The molecule has 9 heteroatoms. The molecule has 33 heavy (non-hydrogen) atoms. The molecule has 1 aliphatic carbocycles. The van der Waals surface area contributed by atoms with Gasteiger partial charge in [-0.2, -0.15) is 5.26 Å². The summed E-state index contributed by atoms with van der Waals surface area (Å²) in [5.74, 6) is 0.204. The van der Waals surface area contributed by atoms with Gasteiger partial charge in [-0.3, -0.25) is 14.9 Å². The summed E-state index contributed by atoms with van der Waals surface area (Å²) in [4.78, 5) is 23.0. The fraction of sp³-hybridized carbons (Fsp3) is 0.333. The van der Waals surface area contributed by atoms with Crippen molar-refractivity contribution >= 4 is 29.3 Å². The minimum absolute atomic E-state index is 0.0225. The fourth-order valence-corrected chi connectivity index (χ4v) is 3.91. The summed E-state index contributed by atoms with van der Waals surface area (Å²) in [6.45, 7) is 2.18. The lowest BCUT2D eigenvalue weighted by molar-refractivity contribution is -0.384. The van der Waals surface area contributed by atoms with Gasteiger partial charge in [0.1, 0.15) is 18.2 Å². The number of nitro groups is 1. The third-order valence-corrected chi connectivity index (χ3v) is 5.48. The molecule has 1 N–H and O–H groups in total. The normalized spacial score (nSPS) is 13.9. The average Bonchev–Trinajstić information content (AvgIpc) is 3.30. The van der Waals surface area contributed by atoms with E-state index in [-0.39, 0.29) is 34.7 Å². The van der Waals surface area contributed by atoms with Crippen LogP contribution >= 0.6 is 11.6 Å². The molecule has 3 rings (SSSR count). The number of amides is 1. The third-order valence-electron chi connectivity index (χ3n) is 5.20. The van der Waals surface area contributed by atoms with Gasteiger partial charge in [-0.15, -0.1) is 0 Å². The Bertz CT molecular complexity index is 1100. The summed E-state index contributed by atoms with van der Waals surface area (Å²) in [5.41, 5.74) is 1.06. The van der Waals surface area contributed by atoms with E-state index in [0.29, 0.717) is 23.5 Å². The Morgan fingerprint density at radius 2 is 2.06 bits per heavy atom. The molecule has 172 valence electrons. The van der Waals surface area contributed by atoms with E-state index in [9.17, 15) is 20.2 Å². The van der Waals surface area contributed by atoms with Gasteiger partial charge >= 0.3 is 0 Å². The number of hydrogen-bond acceptors (Lipinski definition) is 6. The molecule has 0 aromatic heterocycles. The van der Waals surface area contributed by atoms with Crippen molar-refractivity contribution in [3.63, 3.8) is 0 Å². The largest absolute Gasteiger partial charge is 0.490 e. The minimum atomic E-state index is -0.473. The molecule has 2 aromatic carbocycles. The first kappa shape index (κ1) is 24.1. The van der Waals surface area contributed by atoms with E-state index in [1.165, 1.54) is 18.2 Å². The van der Waals surface area contributed by atoms with Gasteiger partial charge in [0.25, 0.3) is 11.6 Å². The Morgan fingerprint density at radius 1 is 1.30 bits per heavy atom. The van der Waals surface area contributed by atoms with Crippen LogP contribution in [0.1, 0.15) is 43.7 Å². The zero-order valence-electron chi connectivity index (χ0n) is 18.2. The lowest BCUT2D eigenvalue weighted by atomic mass is 10.1. The van der Waals surface area contributed by atoms with Gasteiger partial charge in [0.15, 0.2) is 11.5 Å². The second kappa shape index (κ2) is 11.3. The Hall–Kier alpha value is -3.57. The third kappa shape index (κ3) is 6.46. The van der Waals surface area contributed by atoms with Crippen molar-refractivity contribution < 1.29 is 19.2 Å². The number of benzene rings is 2. The summed E-state index contributed by atoms with van der Waals surface area (Å²) < 4.78 is 11.5. The number of carbonyl (C=O) groups excluding carboxylic acids is 1. The predicted octanol–water partition coefficient (Wildman–Crippen LogP) is 5.19. The van der Waals surface area contributed by atoms with E-state index in [1.807, 2.05) is 6.07 Å². The van der Waals surface area contributed by atoms with Gasteiger partial charge in [-0.1, -0.05) is 36.6 Å². The summed E-state index contributed by atoms with van der Waals surface area (Å²) >= 11 is 6.44. The molecule has 1 amide bonds. The number of nitro benzene ring substituents is 1. The topological polar surface area (TPSA) is 114 Å². The molecule has 0 spiro atoms. The summed E-state index contributed by atoms with van der Waals surface area (Å²) in [7, 11) is 0. The van der Waals surface area contributed by atoms with Crippen molar-refractivity contribution in [1.29, 1.82) is 5.26 Å². The Balaban J connectivity index is 1.81. The Labute approximate surface area is 196 Å². The summed E-state index contributed by atoms with van der Waals surface area (Å²) in [5, 5.41) is 23.6. The molecule has 1 aliphatic rings. The number of non-ortho nitro benzene ring substituents is 1. The van der Waals surface area contributed by atoms with Crippen LogP contribution < -0.4 is 14.8 Å². The van der Waals surface area contributed by atoms with Gasteiger partial charge in [0.05, 0.1) is 16.6 Å². The minimum Gasteiger partial charge on any atom is -0.490 e. The second-order valence-corrected chi connectivity index (χ2v) is 8.01. The molecule has 0 radical (unpaired) electrons. The maximum Gasteiger partial charge on any atom is 0.269 e. The monoisotopic (exact) mass is 469 g/mol. The molecule has 2 aromatic rings. The van der Waals surface area contributed by atoms with E-state index >= 15 is 0 Å². The van der Waals surface area contributed by atoms with E-state index in [2.05, 4.69) is 5.32 Å². The molecule has 0 aliphatic heterocycles. The zero-order chi connectivity index (χ0) is 23.8. The molecule has 1 fully saturated rings. The highest BCUT2D eigenvalue weighted by molar-refractivity contribution is 6.32. The lowest BCUT2D eigenvalue weighted by Gasteiger charge is -2.15. The van der Waals surface area contributed by atoms with Gasteiger partial charge in [-0.05, 0) is 49.1 Å². The van der Waals surface area contributed by atoms with Crippen LogP contribution in [0, 0.1) is 21.4 Å². The van der Waals surface area contributed by atoms with Crippen molar-refractivity contribution in [3.05, 3.63) is 68.2 Å². The number of ether oxygens (including phenoxy) is 2. The molecule has 0 atom stereocenters. The molecule has 8 nitrogen and oxygen atoms in total. The van der Waals surface area contributed by atoms with Crippen molar-refractivity contribution in [1.82, 2.24) is 5.32 Å². The van der Waals surface area contributed by atoms with E-state index in [1.54, 1.807) is 31.2 Å². The quantitative estimate of drug-likeness (QED) is 0.234. The number of nitrogens with zero attached hydrogens (tertiary/aromatic N) is 2. The summed E-state index contributed by atoms with van der Waals surface area (Å²) in [6, 6.07) is 11.4. The standard InChI is InChI=1S/C24H24ClN3O5/c1-2-32-22-13-17(10-18(14-26)24(29)27-19-7-3-4-8-19)12-21(25)23(22)33-15-16-6-5-9-20(11-16)28(30)31/h5-6,9-13,19H,2-4,7-8,15H2,1H3,(H,27,29)/b18-10-. The van der Waals surface area contributed by atoms with Gasteiger partial charge in [0, 0.05) is 18.2 Å². The fourth-order valence-electron chi connectivity index (χ4n) is 3.64. The zero-order valence-corrected chi connectivity index (χ0v) is 18.9. The van der Waals surface area contributed by atoms with Crippen LogP contribution in [-0.4, -0.2) is 23.5 Å². The molecular formula is C24H24ClN3O5. The highest BCUT2D eigenvalue weighted by Gasteiger charge is 2.20. The smallest absolute Gasteiger partial charge is 0.269 e. The van der Waals surface area contributed by atoms with Crippen molar-refractivity contribution in [2.75, 3.05) is 6.61 Å². The first-order chi connectivity index (χ1) is 15.9. The van der Waals surface area contributed by atoms with Gasteiger partial charge < -0.3 is 14.8 Å². The number of hydrogen-bond donors (Lipinski definition) is 1. The van der Waals surface area contributed by atoms with E-state index < -0.39 is 10.8 Å². The Kier molecular flexibility index (Phi) is 8.28. The molecule has 0 heterocycles. The van der Waals surface area contributed by atoms with Crippen molar-refractivity contribution in [2.45, 2.75) is 45.3 Å². The molecule has 1 saturated carbocycles. The molecule has 0 saturated heterocycles. The van der Waals surface area contributed by atoms with Gasteiger partial charge in [0.2, 0.25) is 0 Å². The molecule has 0 bridgehead atoms. The van der Waals surface area contributed by atoms with Crippen molar-refractivity contribution in [2.24, 2.45) is 0 Å². The highest BCUT2D eigenvalue weighted by atomic mass is 35.5. The first-order valence-electron chi connectivity index (χ1n) is 10.7. The van der Waals surface area contributed by atoms with Crippen LogP contribution in [0.15, 0.2) is 42.0 Å². The van der Waals surface area contributed by atoms with Crippen LogP contribution in [0.3, 0.4) is 0 Å². The van der Waals surface area contributed by atoms with Crippen LogP contribution in [0.5, 0.6) is 11.5 Å². The number of rotatable bonds is 9. The maximum absolute atomic E-state index is 12.5. The second-order valence-electron chi connectivity index (χ2n) is 7.60. The van der Waals surface area contributed by atoms with Crippen LogP contribution in [0.4, 0.5) is 5.69 Å². The van der Waals surface area contributed by atoms with Crippen LogP contribution in [0.25, 0.3) is 6.08 Å². The predicted molar refractivity (Wildman–Crippen MR) is 124 cm³/mol. The average molecular weight is 470 g/mol. The number of halogens is 1. The highest BCUT2D eigenvalue weighted by Crippen LogP contribution is 2.38. The summed E-state index contributed by atoms with van der Waals surface area (Å²) in [6.07, 6.45) is 5.44. The van der Waals surface area contributed by atoms with E-state index in [0.717, 1.165) is 25.7 Å². The Morgan fingerprint density at radius 3 is 2.73 bits per heavy atom. The maximum atomic E-state index is 12.5. The first-order valence-corrected chi connectivity index (χ1v) is 11.0. The van der Waals surface area contributed by atoms with Crippen LogP contribution in [0.2, 0.25) is 5.02 Å². The van der Waals surface area contributed by atoms with E-state index in [4.69, 9.17) is 21.1 Å². The molecule has 0 unspecified atom stereocenters.